The highest BCUT2D eigenvalue weighted by Crippen LogP contribution is 2.57. The first-order valence-electron chi connectivity index (χ1n) is 25.2. The molecule has 0 bridgehead atoms. The van der Waals surface area contributed by atoms with E-state index in [-0.39, 0.29) is 50.0 Å². The standard InChI is InChI=1S/C62H79BN2/c1-36-27-41-43(58(11,12)26-25-57(41,9)10)32-48(36)65-49-28-38(55(3,4)5)21-23-45(49)63-46-31-42-44(61(17,18)34-60(42,15)16)33-50(46)64(51-29-39(56(6,7)8)30-52(65)54(51)63)47-24-22-40-53(37(47)2)62(19,20)35-59(40,13)14/h21-24,27-33H,25-26,34-35H2,1-20H3. The molecule has 2 aliphatic heterocycles. The molecule has 0 aromatic heterocycles. The molecule has 65 heavy (non-hydrogen) atoms. The van der Waals surface area contributed by atoms with Crippen LogP contribution in [0.2, 0.25) is 0 Å². The van der Waals surface area contributed by atoms with Crippen molar-refractivity contribution in [3.8, 4) is 0 Å². The Morgan fingerprint density at radius 3 is 1.46 bits per heavy atom. The molecule has 0 unspecified atom stereocenters. The monoisotopic (exact) mass is 863 g/mol. The maximum atomic E-state index is 2.76. The van der Waals surface area contributed by atoms with Crippen LogP contribution in [-0.2, 0) is 43.3 Å². The van der Waals surface area contributed by atoms with Gasteiger partial charge in [-0.15, -0.1) is 0 Å². The molecule has 0 radical (unpaired) electrons. The average Bonchev–Trinajstić information content (AvgIpc) is 3.49. The summed E-state index contributed by atoms with van der Waals surface area (Å²) in [5.74, 6) is 0. The van der Waals surface area contributed by atoms with Gasteiger partial charge in [-0.2, -0.15) is 0 Å². The summed E-state index contributed by atoms with van der Waals surface area (Å²) in [4.78, 5) is 5.50. The van der Waals surface area contributed by atoms with E-state index in [1.807, 2.05) is 0 Å². The van der Waals surface area contributed by atoms with Crippen LogP contribution in [0, 0.1) is 13.8 Å². The van der Waals surface area contributed by atoms with Crippen LogP contribution in [0.5, 0.6) is 0 Å². The number of hydrogen-bond acceptors (Lipinski definition) is 2. The van der Waals surface area contributed by atoms with Crippen molar-refractivity contribution in [2.24, 2.45) is 0 Å². The molecule has 0 atom stereocenters. The van der Waals surface area contributed by atoms with Crippen molar-refractivity contribution in [1.29, 1.82) is 0 Å². The molecule has 5 aromatic rings. The molecule has 3 heteroatoms. The fraction of sp³-hybridized carbons (Fsp3) is 0.516. The van der Waals surface area contributed by atoms with Gasteiger partial charge in [-0.3, -0.25) is 0 Å². The van der Waals surface area contributed by atoms with Crippen molar-refractivity contribution in [3.63, 3.8) is 0 Å². The molecule has 3 aliphatic carbocycles. The fourth-order valence-corrected chi connectivity index (χ4v) is 14.5. The summed E-state index contributed by atoms with van der Waals surface area (Å²) in [5.41, 5.74) is 27.4. The highest BCUT2D eigenvalue weighted by atomic mass is 15.2. The molecule has 0 saturated heterocycles. The van der Waals surface area contributed by atoms with Crippen molar-refractivity contribution in [2.75, 3.05) is 9.80 Å². The van der Waals surface area contributed by atoms with E-state index in [1.54, 1.807) is 5.56 Å². The highest BCUT2D eigenvalue weighted by molar-refractivity contribution is 7.00. The van der Waals surface area contributed by atoms with Gasteiger partial charge in [-0.05, 0) is 191 Å². The molecule has 5 aliphatic rings. The van der Waals surface area contributed by atoms with Crippen molar-refractivity contribution in [2.45, 2.75) is 207 Å². The van der Waals surface area contributed by atoms with Crippen LogP contribution >= 0.6 is 0 Å². The number of anilines is 6. The summed E-state index contributed by atoms with van der Waals surface area (Å²) >= 11 is 0. The van der Waals surface area contributed by atoms with Crippen molar-refractivity contribution >= 4 is 57.2 Å². The Kier molecular flexibility index (Phi) is 9.10. The lowest BCUT2D eigenvalue weighted by Gasteiger charge is -2.47. The molecule has 2 nitrogen and oxygen atoms in total. The molecular weight excluding hydrogens is 784 g/mol. The Morgan fingerprint density at radius 1 is 0.415 bits per heavy atom. The third-order valence-corrected chi connectivity index (χ3v) is 17.7. The smallest absolute Gasteiger partial charge is 0.252 e. The SMILES string of the molecule is Cc1cc2c(cc1N1c3cc(C(C)(C)C)ccc3B3c4cc5c(cc4N(c4ccc6c(c4C)C(C)(C)CC6(C)C)c4cc(C(C)(C)C)cc1c43)C(C)(C)CC5(C)C)C(C)(C)CCC2(C)C. The minimum absolute atomic E-state index is 0.0125. The summed E-state index contributed by atoms with van der Waals surface area (Å²) in [6.07, 6.45) is 4.69. The van der Waals surface area contributed by atoms with Gasteiger partial charge in [-0.1, -0.05) is 155 Å². The lowest BCUT2D eigenvalue weighted by atomic mass is 9.33. The van der Waals surface area contributed by atoms with Crippen LogP contribution in [-0.4, -0.2) is 6.71 Å². The summed E-state index contributed by atoms with van der Waals surface area (Å²) < 4.78 is 0. The second-order valence-corrected chi connectivity index (χ2v) is 27.7. The Labute approximate surface area is 395 Å². The normalized spacial score (nSPS) is 21.0. The van der Waals surface area contributed by atoms with E-state index in [1.165, 1.54) is 113 Å². The zero-order valence-electron chi connectivity index (χ0n) is 44.2. The molecule has 0 spiro atoms. The predicted molar refractivity (Wildman–Crippen MR) is 284 cm³/mol. The molecular formula is C62H79BN2. The van der Waals surface area contributed by atoms with E-state index in [2.05, 4.69) is 215 Å². The quantitative estimate of drug-likeness (QED) is 0.160. The number of rotatable bonds is 2. The Morgan fingerprint density at radius 2 is 0.877 bits per heavy atom. The van der Waals surface area contributed by atoms with E-state index >= 15 is 0 Å². The zero-order chi connectivity index (χ0) is 47.3. The molecule has 340 valence electrons. The van der Waals surface area contributed by atoms with Crippen molar-refractivity contribution in [1.82, 2.24) is 0 Å². The van der Waals surface area contributed by atoms with E-state index in [0.717, 1.165) is 12.8 Å². The largest absolute Gasteiger partial charge is 0.311 e. The Hall–Kier alpha value is -4.24. The second kappa shape index (κ2) is 13.3. The highest BCUT2D eigenvalue weighted by Gasteiger charge is 2.50. The first-order valence-corrected chi connectivity index (χ1v) is 25.2. The number of fused-ring (bicyclic) bond motifs is 7. The van der Waals surface area contributed by atoms with Crippen LogP contribution in [0.15, 0.2) is 66.7 Å². The molecule has 0 saturated carbocycles. The lowest BCUT2D eigenvalue weighted by Crippen LogP contribution is -2.62. The van der Waals surface area contributed by atoms with Gasteiger partial charge in [0.1, 0.15) is 0 Å². The van der Waals surface area contributed by atoms with E-state index in [4.69, 9.17) is 0 Å². The van der Waals surface area contributed by atoms with Gasteiger partial charge in [0.2, 0.25) is 0 Å². The van der Waals surface area contributed by atoms with Crippen LogP contribution in [0.4, 0.5) is 34.1 Å². The van der Waals surface area contributed by atoms with Gasteiger partial charge >= 0.3 is 0 Å². The molecule has 10 rings (SSSR count). The number of aryl methyl sites for hydroxylation is 1. The summed E-state index contributed by atoms with van der Waals surface area (Å²) in [7, 11) is 0. The molecule has 5 aromatic carbocycles. The number of benzene rings is 5. The zero-order valence-corrected chi connectivity index (χ0v) is 44.2. The minimum atomic E-state index is -0.0912. The second-order valence-electron chi connectivity index (χ2n) is 27.7. The number of nitrogens with zero attached hydrogens (tertiary/aromatic N) is 2. The molecule has 0 fully saturated rings. The third kappa shape index (κ3) is 6.38. The molecule has 0 amide bonds. The van der Waals surface area contributed by atoms with Gasteiger partial charge in [-0.25, -0.2) is 0 Å². The van der Waals surface area contributed by atoms with Crippen molar-refractivity contribution < 1.29 is 0 Å². The topological polar surface area (TPSA) is 6.48 Å². The summed E-state index contributed by atoms with van der Waals surface area (Å²) in [6.45, 7) is 49.0. The van der Waals surface area contributed by atoms with Gasteiger partial charge in [0.05, 0.1) is 0 Å². The van der Waals surface area contributed by atoms with Gasteiger partial charge in [0, 0.05) is 34.1 Å². The fourth-order valence-electron chi connectivity index (χ4n) is 14.5. The first kappa shape index (κ1) is 44.6. The van der Waals surface area contributed by atoms with Gasteiger partial charge < -0.3 is 9.80 Å². The minimum Gasteiger partial charge on any atom is -0.311 e. The maximum Gasteiger partial charge on any atom is 0.252 e. The Bertz CT molecular complexity index is 2880. The van der Waals surface area contributed by atoms with Gasteiger partial charge in [0.15, 0.2) is 0 Å². The lowest BCUT2D eigenvalue weighted by molar-refractivity contribution is 0.332. The first-order chi connectivity index (χ1) is 29.8. The van der Waals surface area contributed by atoms with Crippen LogP contribution in [0.3, 0.4) is 0 Å². The molecule has 2 heterocycles. The summed E-state index contributed by atoms with van der Waals surface area (Å²) in [5, 5.41) is 0. The van der Waals surface area contributed by atoms with E-state index in [0.29, 0.717) is 0 Å². The average molecular weight is 863 g/mol. The van der Waals surface area contributed by atoms with Crippen LogP contribution < -0.4 is 26.2 Å². The molecule has 0 N–H and O–H groups in total. The number of hydrogen-bond donors (Lipinski definition) is 0. The summed E-state index contributed by atoms with van der Waals surface area (Å²) in [6, 6.07) is 28.4. The maximum absolute atomic E-state index is 2.76. The predicted octanol–water partition coefficient (Wildman–Crippen LogP) is 15.2. The Balaban J connectivity index is 1.37. The van der Waals surface area contributed by atoms with Gasteiger partial charge in [0.25, 0.3) is 6.71 Å². The van der Waals surface area contributed by atoms with E-state index in [9.17, 15) is 0 Å². The van der Waals surface area contributed by atoms with E-state index < -0.39 is 0 Å². The van der Waals surface area contributed by atoms with Crippen LogP contribution in [0.25, 0.3) is 0 Å². The van der Waals surface area contributed by atoms with Crippen LogP contribution in [0.1, 0.15) is 206 Å². The third-order valence-electron chi connectivity index (χ3n) is 17.7. The van der Waals surface area contributed by atoms with Crippen molar-refractivity contribution in [3.05, 3.63) is 122 Å².